The van der Waals surface area contributed by atoms with Crippen molar-refractivity contribution < 1.29 is 18.7 Å². The Bertz CT molecular complexity index is 1060. The SMILES string of the molecule is Cc1cc2occ(CC(=O)OCC(=O)Nc3ccc(N4CCCC4)cc3)c2cc1C. The van der Waals surface area contributed by atoms with Gasteiger partial charge in [0.25, 0.3) is 5.91 Å². The third-order valence-corrected chi connectivity index (χ3v) is 5.59. The highest BCUT2D eigenvalue weighted by Crippen LogP contribution is 2.25. The first-order valence-corrected chi connectivity index (χ1v) is 10.3. The molecule has 0 bridgehead atoms. The summed E-state index contributed by atoms with van der Waals surface area (Å²) in [5, 5.41) is 3.66. The summed E-state index contributed by atoms with van der Waals surface area (Å²) in [4.78, 5) is 26.7. The van der Waals surface area contributed by atoms with Gasteiger partial charge < -0.3 is 19.4 Å². The number of anilines is 2. The Labute approximate surface area is 175 Å². The summed E-state index contributed by atoms with van der Waals surface area (Å²) in [6.45, 7) is 5.87. The van der Waals surface area contributed by atoms with Gasteiger partial charge >= 0.3 is 5.97 Å². The van der Waals surface area contributed by atoms with Crippen LogP contribution in [0.15, 0.2) is 47.1 Å². The lowest BCUT2D eigenvalue weighted by Crippen LogP contribution is -2.22. The molecule has 0 radical (unpaired) electrons. The number of ether oxygens (including phenoxy) is 1. The van der Waals surface area contributed by atoms with E-state index >= 15 is 0 Å². The second-order valence-electron chi connectivity index (χ2n) is 7.82. The summed E-state index contributed by atoms with van der Waals surface area (Å²) < 4.78 is 10.7. The maximum absolute atomic E-state index is 12.2. The minimum absolute atomic E-state index is 0.0628. The van der Waals surface area contributed by atoms with Crippen LogP contribution in [-0.4, -0.2) is 31.6 Å². The molecule has 0 aliphatic carbocycles. The Morgan fingerprint density at radius 2 is 1.77 bits per heavy atom. The Hall–Kier alpha value is -3.28. The molecule has 1 aliphatic heterocycles. The smallest absolute Gasteiger partial charge is 0.310 e. The maximum atomic E-state index is 12.2. The quantitative estimate of drug-likeness (QED) is 0.616. The van der Waals surface area contributed by atoms with Crippen molar-refractivity contribution in [2.24, 2.45) is 0 Å². The molecule has 3 aromatic rings. The van der Waals surface area contributed by atoms with E-state index in [9.17, 15) is 9.59 Å². The van der Waals surface area contributed by atoms with Gasteiger partial charge in [0.2, 0.25) is 0 Å². The molecule has 4 rings (SSSR count). The normalized spacial score (nSPS) is 13.6. The molecule has 0 saturated carbocycles. The number of fused-ring (bicyclic) bond motifs is 1. The third-order valence-electron chi connectivity index (χ3n) is 5.59. The second kappa shape index (κ2) is 8.61. The average Bonchev–Trinajstić information content (AvgIpc) is 3.39. The van der Waals surface area contributed by atoms with E-state index < -0.39 is 5.97 Å². The van der Waals surface area contributed by atoms with Crippen molar-refractivity contribution in [2.45, 2.75) is 33.1 Å². The highest BCUT2D eigenvalue weighted by atomic mass is 16.5. The van der Waals surface area contributed by atoms with Gasteiger partial charge in [-0.1, -0.05) is 0 Å². The molecule has 0 atom stereocenters. The van der Waals surface area contributed by atoms with Gasteiger partial charge in [0.1, 0.15) is 5.58 Å². The number of furan rings is 1. The molecule has 1 saturated heterocycles. The van der Waals surface area contributed by atoms with Crippen LogP contribution in [0.5, 0.6) is 0 Å². The second-order valence-corrected chi connectivity index (χ2v) is 7.82. The molecule has 1 N–H and O–H groups in total. The Balaban J connectivity index is 1.28. The summed E-state index contributed by atoms with van der Waals surface area (Å²) in [6.07, 6.45) is 4.08. The monoisotopic (exact) mass is 406 g/mol. The van der Waals surface area contributed by atoms with Crippen molar-refractivity contribution in [2.75, 3.05) is 29.9 Å². The summed E-state index contributed by atoms with van der Waals surface area (Å²) in [6, 6.07) is 11.7. The third kappa shape index (κ3) is 4.48. The molecule has 1 aliphatic rings. The predicted octanol–water partition coefficient (Wildman–Crippen LogP) is 4.37. The lowest BCUT2D eigenvalue weighted by Gasteiger charge is -2.17. The number of nitrogens with zero attached hydrogens (tertiary/aromatic N) is 1. The lowest BCUT2D eigenvalue weighted by atomic mass is 10.0. The molecule has 2 heterocycles. The number of hydrogen-bond donors (Lipinski definition) is 1. The zero-order chi connectivity index (χ0) is 21.1. The standard InChI is InChI=1S/C24H26N2O4/c1-16-11-21-18(14-29-22(21)12-17(16)2)13-24(28)30-15-23(27)25-19-5-7-20(8-6-19)26-9-3-4-10-26/h5-8,11-12,14H,3-4,9-10,13,15H2,1-2H3,(H,25,27). The van der Waals surface area contributed by atoms with Crippen LogP contribution >= 0.6 is 0 Å². The average molecular weight is 406 g/mol. The van der Waals surface area contributed by atoms with E-state index in [-0.39, 0.29) is 18.9 Å². The first-order chi connectivity index (χ1) is 14.5. The van der Waals surface area contributed by atoms with Gasteiger partial charge in [0.15, 0.2) is 6.61 Å². The predicted molar refractivity (Wildman–Crippen MR) is 117 cm³/mol. The summed E-state index contributed by atoms with van der Waals surface area (Å²) in [7, 11) is 0. The van der Waals surface area contributed by atoms with Gasteiger partial charge in [-0.15, -0.1) is 0 Å². The van der Waals surface area contributed by atoms with Gasteiger partial charge in [-0.25, -0.2) is 0 Å². The summed E-state index contributed by atoms with van der Waals surface area (Å²) in [5.41, 5.74) is 5.62. The van der Waals surface area contributed by atoms with Crippen LogP contribution in [0, 0.1) is 13.8 Å². The van der Waals surface area contributed by atoms with Crippen LogP contribution in [0.25, 0.3) is 11.0 Å². The van der Waals surface area contributed by atoms with Gasteiger partial charge in [0.05, 0.1) is 12.7 Å². The van der Waals surface area contributed by atoms with Crippen molar-refractivity contribution in [1.82, 2.24) is 0 Å². The van der Waals surface area contributed by atoms with Crippen LogP contribution in [0.4, 0.5) is 11.4 Å². The highest BCUT2D eigenvalue weighted by Gasteiger charge is 2.15. The largest absolute Gasteiger partial charge is 0.464 e. The number of nitrogens with one attached hydrogen (secondary N) is 1. The van der Waals surface area contributed by atoms with E-state index in [4.69, 9.17) is 9.15 Å². The van der Waals surface area contributed by atoms with Crippen molar-refractivity contribution in [3.63, 3.8) is 0 Å². The molecule has 2 aromatic carbocycles. The Morgan fingerprint density at radius 1 is 1.07 bits per heavy atom. The molecule has 6 heteroatoms. The molecule has 0 spiro atoms. The van der Waals surface area contributed by atoms with Crippen LogP contribution in [0.1, 0.15) is 29.5 Å². The number of rotatable bonds is 6. The van der Waals surface area contributed by atoms with Crippen LogP contribution < -0.4 is 10.2 Å². The number of hydrogen-bond acceptors (Lipinski definition) is 5. The van der Waals surface area contributed by atoms with E-state index in [1.165, 1.54) is 12.8 Å². The van der Waals surface area contributed by atoms with Crippen molar-refractivity contribution in [1.29, 1.82) is 0 Å². The van der Waals surface area contributed by atoms with Crippen LogP contribution in [-0.2, 0) is 20.7 Å². The number of carbonyl (C=O) groups excluding carboxylic acids is 2. The molecule has 1 aromatic heterocycles. The van der Waals surface area contributed by atoms with Gasteiger partial charge in [-0.05, 0) is 74.2 Å². The summed E-state index contributed by atoms with van der Waals surface area (Å²) >= 11 is 0. The zero-order valence-corrected chi connectivity index (χ0v) is 17.4. The van der Waals surface area contributed by atoms with E-state index in [0.717, 1.165) is 46.4 Å². The molecule has 1 fully saturated rings. The van der Waals surface area contributed by atoms with Crippen molar-refractivity contribution >= 4 is 34.2 Å². The Kier molecular flexibility index (Phi) is 5.74. The van der Waals surface area contributed by atoms with Crippen molar-refractivity contribution in [3.05, 3.63) is 59.4 Å². The molecular formula is C24H26N2O4. The van der Waals surface area contributed by atoms with Crippen molar-refractivity contribution in [3.8, 4) is 0 Å². The minimum atomic E-state index is -0.463. The number of aryl methyl sites for hydroxylation is 2. The van der Waals surface area contributed by atoms with Gasteiger partial charge in [-0.2, -0.15) is 0 Å². The fourth-order valence-corrected chi connectivity index (χ4v) is 3.75. The number of benzene rings is 2. The van der Waals surface area contributed by atoms with E-state index in [1.54, 1.807) is 6.26 Å². The fourth-order valence-electron chi connectivity index (χ4n) is 3.75. The molecule has 156 valence electrons. The van der Waals surface area contributed by atoms with Crippen LogP contribution in [0.2, 0.25) is 0 Å². The maximum Gasteiger partial charge on any atom is 0.310 e. The first kappa shape index (κ1) is 20.0. The van der Waals surface area contributed by atoms with E-state index in [0.29, 0.717) is 5.69 Å². The number of amides is 1. The molecule has 30 heavy (non-hydrogen) atoms. The zero-order valence-electron chi connectivity index (χ0n) is 17.4. The Morgan fingerprint density at radius 3 is 2.50 bits per heavy atom. The number of carbonyl (C=O) groups is 2. The topological polar surface area (TPSA) is 71.8 Å². The first-order valence-electron chi connectivity index (χ1n) is 10.3. The van der Waals surface area contributed by atoms with Gasteiger partial charge in [0, 0.05) is 35.4 Å². The number of esters is 1. The van der Waals surface area contributed by atoms with E-state index in [2.05, 4.69) is 10.2 Å². The molecule has 0 unspecified atom stereocenters. The lowest BCUT2D eigenvalue weighted by molar-refractivity contribution is -0.146. The highest BCUT2D eigenvalue weighted by molar-refractivity contribution is 5.93. The van der Waals surface area contributed by atoms with Gasteiger partial charge in [-0.3, -0.25) is 9.59 Å². The minimum Gasteiger partial charge on any atom is -0.464 e. The van der Waals surface area contributed by atoms with Crippen LogP contribution in [0.3, 0.4) is 0 Å². The van der Waals surface area contributed by atoms with E-state index in [1.807, 2.05) is 50.2 Å². The fraction of sp³-hybridized carbons (Fsp3) is 0.333. The molecule has 1 amide bonds. The molecule has 6 nitrogen and oxygen atoms in total. The summed E-state index contributed by atoms with van der Waals surface area (Å²) in [5.74, 6) is -0.823. The molecular weight excluding hydrogens is 380 g/mol.